The van der Waals surface area contributed by atoms with Crippen LogP contribution in [-0.4, -0.2) is 18.8 Å². The highest BCUT2D eigenvalue weighted by Gasteiger charge is 1.85. The summed E-state index contributed by atoms with van der Waals surface area (Å²) in [5, 5.41) is 8.23. The third kappa shape index (κ3) is 3.33. The Bertz CT molecular complexity index is 59.1. The average molecular weight is 102 g/mol. The topological polar surface area (TPSA) is 29.5 Å². The van der Waals surface area contributed by atoms with Gasteiger partial charge in [0, 0.05) is 6.42 Å². The fourth-order valence-corrected chi connectivity index (χ4v) is 0.227. The Morgan fingerprint density at radius 1 is 1.86 bits per heavy atom. The molecule has 0 aromatic rings. The zero-order valence-corrected chi connectivity index (χ0v) is 4.48. The van der Waals surface area contributed by atoms with Gasteiger partial charge in [-0.15, -0.1) is 0 Å². The van der Waals surface area contributed by atoms with Gasteiger partial charge in [-0.1, -0.05) is 6.58 Å². The van der Waals surface area contributed by atoms with Crippen molar-refractivity contribution in [3.05, 3.63) is 12.3 Å². The molecule has 0 spiro atoms. The molecule has 0 radical (unpaired) electrons. The molecule has 0 saturated heterocycles. The summed E-state index contributed by atoms with van der Waals surface area (Å²) in [5.74, 6) is 0.627. The van der Waals surface area contributed by atoms with Gasteiger partial charge < -0.3 is 9.84 Å². The molecule has 0 heterocycles. The van der Waals surface area contributed by atoms with Gasteiger partial charge in [0.1, 0.15) is 0 Å². The van der Waals surface area contributed by atoms with Crippen LogP contribution in [0.5, 0.6) is 0 Å². The third-order valence-corrected chi connectivity index (χ3v) is 0.679. The van der Waals surface area contributed by atoms with Crippen LogP contribution < -0.4 is 0 Å². The smallest absolute Gasteiger partial charge is 0.0906 e. The highest BCUT2D eigenvalue weighted by atomic mass is 16.5. The Balaban J connectivity index is 3.00. The fourth-order valence-electron chi connectivity index (χ4n) is 0.227. The molecule has 2 nitrogen and oxygen atoms in total. The summed E-state index contributed by atoms with van der Waals surface area (Å²) < 4.78 is 4.64. The Morgan fingerprint density at radius 3 is 2.57 bits per heavy atom. The van der Waals surface area contributed by atoms with Crippen LogP contribution in [0.3, 0.4) is 0 Å². The number of methoxy groups -OCH3 is 1. The largest absolute Gasteiger partial charge is 0.502 e. The zero-order chi connectivity index (χ0) is 5.70. The standard InChI is InChI=1S/C5H10O2/c1-5(7-2)3-4-6/h6H,1,3-4H2,2H3. The first kappa shape index (κ1) is 6.50. The highest BCUT2D eigenvalue weighted by Crippen LogP contribution is 1.93. The second kappa shape index (κ2) is 3.68. The van der Waals surface area contributed by atoms with Crippen molar-refractivity contribution in [3.8, 4) is 0 Å². The van der Waals surface area contributed by atoms with E-state index in [9.17, 15) is 0 Å². The van der Waals surface area contributed by atoms with E-state index in [1.54, 1.807) is 0 Å². The van der Waals surface area contributed by atoms with E-state index in [4.69, 9.17) is 5.11 Å². The molecule has 0 unspecified atom stereocenters. The lowest BCUT2D eigenvalue weighted by atomic mass is 10.4. The van der Waals surface area contributed by atoms with E-state index < -0.39 is 0 Å². The molecule has 0 aromatic carbocycles. The van der Waals surface area contributed by atoms with E-state index >= 15 is 0 Å². The Kier molecular flexibility index (Phi) is 3.42. The van der Waals surface area contributed by atoms with Crippen LogP contribution in [0.2, 0.25) is 0 Å². The molecule has 0 atom stereocenters. The summed E-state index contributed by atoms with van der Waals surface area (Å²) in [6.07, 6.45) is 0.538. The van der Waals surface area contributed by atoms with Gasteiger partial charge in [-0.2, -0.15) is 0 Å². The molecule has 0 saturated carbocycles. The van der Waals surface area contributed by atoms with Gasteiger partial charge in [-0.25, -0.2) is 0 Å². The number of hydrogen-bond donors (Lipinski definition) is 1. The molecule has 0 rings (SSSR count). The highest BCUT2D eigenvalue weighted by molar-refractivity contribution is 4.79. The Labute approximate surface area is 43.4 Å². The van der Waals surface area contributed by atoms with Crippen LogP contribution in [-0.2, 0) is 4.74 Å². The lowest BCUT2D eigenvalue weighted by Gasteiger charge is -1.97. The van der Waals surface area contributed by atoms with Crippen molar-refractivity contribution in [2.24, 2.45) is 0 Å². The second-order valence-corrected chi connectivity index (χ2v) is 1.22. The lowest BCUT2D eigenvalue weighted by molar-refractivity contribution is 0.233. The van der Waals surface area contributed by atoms with Crippen LogP contribution in [0.15, 0.2) is 12.3 Å². The fraction of sp³-hybridized carbons (Fsp3) is 0.600. The lowest BCUT2D eigenvalue weighted by Crippen LogP contribution is -1.87. The van der Waals surface area contributed by atoms with Crippen LogP contribution in [0.25, 0.3) is 0 Å². The maximum atomic E-state index is 8.23. The molecular formula is C5H10O2. The predicted molar refractivity (Wildman–Crippen MR) is 27.9 cm³/mol. The monoisotopic (exact) mass is 102 g/mol. The number of aliphatic hydroxyl groups excluding tert-OH is 1. The minimum absolute atomic E-state index is 0.118. The van der Waals surface area contributed by atoms with E-state index in [-0.39, 0.29) is 6.61 Å². The first-order chi connectivity index (χ1) is 3.31. The maximum absolute atomic E-state index is 8.23. The average Bonchev–Trinajstić information content (AvgIpc) is 1.68. The quantitative estimate of drug-likeness (QED) is 0.527. The Hall–Kier alpha value is -0.500. The van der Waals surface area contributed by atoms with Gasteiger partial charge in [0.25, 0.3) is 0 Å². The zero-order valence-electron chi connectivity index (χ0n) is 4.48. The molecule has 0 aliphatic rings. The molecule has 0 aromatic heterocycles. The minimum Gasteiger partial charge on any atom is -0.502 e. The van der Waals surface area contributed by atoms with Gasteiger partial charge in [0.2, 0.25) is 0 Å². The van der Waals surface area contributed by atoms with Crippen molar-refractivity contribution in [3.63, 3.8) is 0 Å². The van der Waals surface area contributed by atoms with E-state index in [0.717, 1.165) is 0 Å². The summed E-state index contributed by atoms with van der Waals surface area (Å²) in [6, 6.07) is 0. The summed E-state index contributed by atoms with van der Waals surface area (Å²) in [5.41, 5.74) is 0. The van der Waals surface area contributed by atoms with Crippen molar-refractivity contribution in [1.29, 1.82) is 0 Å². The van der Waals surface area contributed by atoms with E-state index in [0.29, 0.717) is 12.2 Å². The molecule has 7 heavy (non-hydrogen) atoms. The summed E-state index contributed by atoms with van der Waals surface area (Å²) in [7, 11) is 1.54. The molecule has 0 aliphatic heterocycles. The molecule has 1 N–H and O–H groups in total. The molecular weight excluding hydrogens is 92.1 g/mol. The normalized spacial score (nSPS) is 8.29. The van der Waals surface area contributed by atoms with Crippen LogP contribution >= 0.6 is 0 Å². The van der Waals surface area contributed by atoms with E-state index in [1.165, 1.54) is 7.11 Å². The summed E-state index contributed by atoms with van der Waals surface area (Å²) >= 11 is 0. The van der Waals surface area contributed by atoms with Crippen LogP contribution in [0.4, 0.5) is 0 Å². The van der Waals surface area contributed by atoms with Crippen molar-refractivity contribution >= 4 is 0 Å². The van der Waals surface area contributed by atoms with Gasteiger partial charge >= 0.3 is 0 Å². The van der Waals surface area contributed by atoms with Gasteiger partial charge in [0.05, 0.1) is 19.5 Å². The number of aliphatic hydroxyl groups is 1. The molecule has 0 aliphatic carbocycles. The van der Waals surface area contributed by atoms with Crippen LogP contribution in [0.1, 0.15) is 6.42 Å². The first-order valence-corrected chi connectivity index (χ1v) is 2.14. The molecule has 0 bridgehead atoms. The third-order valence-electron chi connectivity index (χ3n) is 0.679. The van der Waals surface area contributed by atoms with Gasteiger partial charge in [-0.05, 0) is 0 Å². The number of rotatable bonds is 3. The van der Waals surface area contributed by atoms with E-state index in [1.807, 2.05) is 0 Å². The van der Waals surface area contributed by atoms with Crippen molar-refractivity contribution in [1.82, 2.24) is 0 Å². The maximum Gasteiger partial charge on any atom is 0.0906 e. The van der Waals surface area contributed by atoms with Crippen molar-refractivity contribution in [2.45, 2.75) is 6.42 Å². The molecule has 0 amide bonds. The second-order valence-electron chi connectivity index (χ2n) is 1.22. The first-order valence-electron chi connectivity index (χ1n) is 2.14. The molecule has 0 fully saturated rings. The Morgan fingerprint density at radius 2 is 2.43 bits per heavy atom. The minimum atomic E-state index is 0.118. The molecule has 2 heteroatoms. The molecule has 42 valence electrons. The van der Waals surface area contributed by atoms with E-state index in [2.05, 4.69) is 11.3 Å². The van der Waals surface area contributed by atoms with Crippen LogP contribution in [0, 0.1) is 0 Å². The number of hydrogen-bond acceptors (Lipinski definition) is 2. The number of ether oxygens (including phenoxy) is 1. The summed E-state index contributed by atoms with van der Waals surface area (Å²) in [4.78, 5) is 0. The van der Waals surface area contributed by atoms with Crippen molar-refractivity contribution < 1.29 is 9.84 Å². The SMILES string of the molecule is C=C(CCO)OC. The van der Waals surface area contributed by atoms with Gasteiger partial charge in [-0.3, -0.25) is 0 Å². The van der Waals surface area contributed by atoms with Gasteiger partial charge in [0.15, 0.2) is 0 Å². The van der Waals surface area contributed by atoms with Crippen molar-refractivity contribution in [2.75, 3.05) is 13.7 Å². The predicted octanol–water partition coefficient (Wildman–Crippen LogP) is 0.529. The summed E-state index contributed by atoms with van der Waals surface area (Å²) in [6.45, 7) is 3.60.